The maximum atomic E-state index is 14.2. The molecule has 0 heterocycles. The third-order valence-corrected chi connectivity index (χ3v) is 7.91. The van der Waals surface area contributed by atoms with Gasteiger partial charge in [-0.05, 0) is 38.6 Å². The summed E-state index contributed by atoms with van der Waals surface area (Å²) in [5.74, 6) is -6.76. The topological polar surface area (TPSA) is 153 Å². The number of nitrogens with zero attached hydrogens (tertiary/aromatic N) is 1. The van der Waals surface area contributed by atoms with Crippen molar-refractivity contribution in [3.05, 3.63) is 46.2 Å². The van der Waals surface area contributed by atoms with E-state index in [1.54, 1.807) is 32.3 Å². The Labute approximate surface area is 208 Å². The first kappa shape index (κ1) is 25.6. The predicted molar refractivity (Wildman–Crippen MR) is 128 cm³/mol. The number of Topliss-reactive ketones (excluding diaryl/α,β-unsaturated/α-hetero) is 2. The second-order valence-electron chi connectivity index (χ2n) is 10.1. The Morgan fingerprint density at radius 1 is 1.17 bits per heavy atom. The molecule has 3 aliphatic rings. The first-order valence-electron chi connectivity index (χ1n) is 11.6. The number of ether oxygens (including phenoxy) is 1. The molecule has 0 bridgehead atoms. The fourth-order valence-electron chi connectivity index (χ4n) is 6.26. The van der Waals surface area contributed by atoms with Gasteiger partial charge in [-0.25, -0.2) is 0 Å². The molecular weight excluding hydrogens is 468 g/mol. The molecule has 0 aliphatic heterocycles. The van der Waals surface area contributed by atoms with Crippen LogP contribution in [0.25, 0.3) is 5.76 Å². The van der Waals surface area contributed by atoms with E-state index in [-0.39, 0.29) is 11.3 Å². The molecule has 4 N–H and O–H groups in total. The van der Waals surface area contributed by atoms with Crippen molar-refractivity contribution in [3.63, 3.8) is 0 Å². The smallest absolute Gasteiger partial charge is 0.264 e. The molecule has 1 fully saturated rings. The van der Waals surface area contributed by atoms with Crippen LogP contribution in [-0.4, -0.2) is 77.0 Å². The molecule has 0 radical (unpaired) electrons. The lowest BCUT2D eigenvalue weighted by atomic mass is 9.50. The van der Waals surface area contributed by atoms with Crippen molar-refractivity contribution >= 4 is 29.1 Å². The zero-order valence-corrected chi connectivity index (χ0v) is 20.9. The van der Waals surface area contributed by atoms with Gasteiger partial charge in [0.15, 0.2) is 11.6 Å². The number of hydrogen-bond acceptors (Lipinski definition) is 9. The molecule has 1 aromatic rings. The van der Waals surface area contributed by atoms with Gasteiger partial charge in [0, 0.05) is 24.3 Å². The zero-order chi connectivity index (χ0) is 26.9. The highest BCUT2D eigenvalue weighted by Gasteiger charge is 2.66. The SMILES string of the molecule is COc1cccc2c1C(O)=C1C(=O)[C@]3(C)C(O)=C(C(=O)NC(C)=O)C(=O)[C@@H](N(C)C)[C@@H]3[C@@H](O)[C@@H]1[C@H]2C. The van der Waals surface area contributed by atoms with Crippen molar-refractivity contribution in [2.24, 2.45) is 17.3 Å². The molecule has 1 aromatic carbocycles. The standard InChI is InChI=1S/C26H30N2O8/c1-10-12-8-7-9-13(36-6)15(12)20(30)16-14(10)21(31)18-19(28(4)5)22(32)17(25(35)27-11(2)29)24(34)26(18,3)23(16)33/h7-10,14,18-19,21,30-31,34H,1-6H3,(H,27,29,35)/t10-,14+,18+,19-,21-,26+/m0/s1. The van der Waals surface area contributed by atoms with Crippen LogP contribution < -0.4 is 10.1 Å². The van der Waals surface area contributed by atoms with E-state index in [0.29, 0.717) is 16.9 Å². The summed E-state index contributed by atoms with van der Waals surface area (Å²) in [6.07, 6.45) is -1.35. The van der Waals surface area contributed by atoms with E-state index >= 15 is 0 Å². The first-order valence-corrected chi connectivity index (χ1v) is 11.6. The Hall–Kier alpha value is -3.50. The van der Waals surface area contributed by atoms with Crippen molar-refractivity contribution in [2.75, 3.05) is 21.2 Å². The summed E-state index contributed by atoms with van der Waals surface area (Å²) in [6.45, 7) is 4.24. The van der Waals surface area contributed by atoms with Gasteiger partial charge in [0.25, 0.3) is 5.91 Å². The van der Waals surface area contributed by atoms with Gasteiger partial charge < -0.3 is 20.1 Å². The normalized spacial score (nSPS) is 31.6. The Bertz CT molecular complexity index is 1260. The van der Waals surface area contributed by atoms with E-state index in [1.165, 1.54) is 18.9 Å². The summed E-state index contributed by atoms with van der Waals surface area (Å²) in [5, 5.41) is 36.4. The first-order chi connectivity index (χ1) is 16.8. The molecule has 0 spiro atoms. The van der Waals surface area contributed by atoms with Gasteiger partial charge in [0.05, 0.1) is 30.2 Å². The summed E-state index contributed by atoms with van der Waals surface area (Å²) >= 11 is 0. The summed E-state index contributed by atoms with van der Waals surface area (Å²) < 4.78 is 5.41. The van der Waals surface area contributed by atoms with Crippen LogP contribution >= 0.6 is 0 Å². The molecule has 192 valence electrons. The number of methoxy groups -OCH3 is 1. The maximum absolute atomic E-state index is 14.2. The lowest BCUT2D eigenvalue weighted by molar-refractivity contribution is -0.151. The van der Waals surface area contributed by atoms with Crippen molar-refractivity contribution in [1.82, 2.24) is 10.2 Å². The number of rotatable bonds is 3. The van der Waals surface area contributed by atoms with Crippen LogP contribution in [0, 0.1) is 17.3 Å². The number of imide groups is 1. The number of benzene rings is 1. The Morgan fingerprint density at radius 3 is 2.36 bits per heavy atom. The Balaban J connectivity index is 2.03. The predicted octanol–water partition coefficient (Wildman–Crippen LogP) is 1.25. The Morgan fingerprint density at radius 2 is 1.81 bits per heavy atom. The number of amides is 2. The van der Waals surface area contributed by atoms with E-state index in [9.17, 15) is 34.5 Å². The average molecular weight is 499 g/mol. The van der Waals surface area contributed by atoms with Crippen LogP contribution in [0.5, 0.6) is 5.75 Å². The average Bonchev–Trinajstić information content (AvgIpc) is 2.80. The second kappa shape index (κ2) is 8.56. The molecule has 0 unspecified atom stereocenters. The molecule has 6 atom stereocenters. The number of likely N-dealkylation sites (N-methyl/N-ethyl adjacent to an activating group) is 1. The molecule has 0 saturated heterocycles. The lowest BCUT2D eigenvalue weighted by Gasteiger charge is -2.55. The third-order valence-electron chi connectivity index (χ3n) is 7.91. The summed E-state index contributed by atoms with van der Waals surface area (Å²) in [5.41, 5.74) is -1.78. The molecule has 4 rings (SSSR count). The van der Waals surface area contributed by atoms with Gasteiger partial charge in [-0.15, -0.1) is 0 Å². The van der Waals surface area contributed by atoms with Crippen molar-refractivity contribution in [2.45, 2.75) is 38.8 Å². The molecule has 10 nitrogen and oxygen atoms in total. The van der Waals surface area contributed by atoms with Crippen LogP contribution in [0.15, 0.2) is 35.1 Å². The van der Waals surface area contributed by atoms with Crippen LogP contribution in [0.2, 0.25) is 0 Å². The number of carbonyl (C=O) groups excluding carboxylic acids is 4. The zero-order valence-electron chi connectivity index (χ0n) is 20.9. The van der Waals surface area contributed by atoms with Gasteiger partial charge in [-0.1, -0.05) is 19.1 Å². The quantitative estimate of drug-likeness (QED) is 0.451. The number of nitrogens with one attached hydrogen (secondary N) is 1. The summed E-state index contributed by atoms with van der Waals surface area (Å²) in [4.78, 5) is 53.5. The number of hydrogen-bond donors (Lipinski definition) is 4. The highest BCUT2D eigenvalue weighted by atomic mass is 16.5. The van der Waals surface area contributed by atoms with Crippen molar-refractivity contribution in [3.8, 4) is 5.75 Å². The molecule has 36 heavy (non-hydrogen) atoms. The third kappa shape index (κ3) is 3.24. The fraction of sp³-hybridized carbons (Fsp3) is 0.462. The van der Waals surface area contributed by atoms with Gasteiger partial charge in [-0.3, -0.25) is 29.4 Å². The summed E-state index contributed by atoms with van der Waals surface area (Å²) in [7, 11) is 4.56. The maximum Gasteiger partial charge on any atom is 0.264 e. The lowest BCUT2D eigenvalue weighted by Crippen LogP contribution is -2.66. The molecule has 1 saturated carbocycles. The molecule has 10 heteroatoms. The number of fused-ring (bicyclic) bond motifs is 3. The molecular formula is C26H30N2O8. The second-order valence-corrected chi connectivity index (χ2v) is 10.1. The van der Waals surface area contributed by atoms with E-state index in [0.717, 1.165) is 6.92 Å². The van der Waals surface area contributed by atoms with Gasteiger partial charge in [0.1, 0.15) is 22.8 Å². The minimum Gasteiger partial charge on any atom is -0.510 e. The van der Waals surface area contributed by atoms with E-state index in [1.807, 2.05) is 12.2 Å². The molecule has 2 amide bonds. The number of ketones is 2. The van der Waals surface area contributed by atoms with Gasteiger partial charge in [0.2, 0.25) is 5.91 Å². The van der Waals surface area contributed by atoms with Crippen LogP contribution in [0.4, 0.5) is 0 Å². The van der Waals surface area contributed by atoms with Gasteiger partial charge >= 0.3 is 0 Å². The monoisotopic (exact) mass is 498 g/mol. The number of carbonyl (C=O) groups is 4. The minimum atomic E-state index is -1.94. The molecule has 0 aromatic heterocycles. The largest absolute Gasteiger partial charge is 0.510 e. The van der Waals surface area contributed by atoms with Crippen molar-refractivity contribution < 1.29 is 39.2 Å². The Kier molecular flexibility index (Phi) is 6.09. The fourth-order valence-corrected chi connectivity index (χ4v) is 6.26. The molecule has 3 aliphatic carbocycles. The van der Waals surface area contributed by atoms with E-state index in [4.69, 9.17) is 4.74 Å². The number of aliphatic hydroxyl groups excluding tert-OH is 3. The van der Waals surface area contributed by atoms with Gasteiger partial charge in [-0.2, -0.15) is 0 Å². The van der Waals surface area contributed by atoms with E-state index in [2.05, 4.69) is 0 Å². The van der Waals surface area contributed by atoms with Crippen molar-refractivity contribution in [1.29, 1.82) is 0 Å². The highest BCUT2D eigenvalue weighted by molar-refractivity contribution is 6.26. The number of aliphatic hydroxyl groups is 3. The van der Waals surface area contributed by atoms with E-state index < -0.39 is 70.0 Å². The minimum absolute atomic E-state index is 0.101. The van der Waals surface area contributed by atoms with Crippen LogP contribution in [0.3, 0.4) is 0 Å². The highest BCUT2D eigenvalue weighted by Crippen LogP contribution is 2.59. The number of allylic oxidation sites excluding steroid dienone is 1. The van der Waals surface area contributed by atoms with Crippen LogP contribution in [0.1, 0.15) is 37.8 Å². The van der Waals surface area contributed by atoms with Crippen LogP contribution in [-0.2, 0) is 19.2 Å². The summed E-state index contributed by atoms with van der Waals surface area (Å²) in [6, 6.07) is 3.99.